The van der Waals surface area contributed by atoms with E-state index in [1.54, 1.807) is 18.2 Å². The number of ether oxygens (including phenoxy) is 7. The number of aliphatic hydroxyl groups is 1. The van der Waals surface area contributed by atoms with E-state index in [4.69, 9.17) is 44.8 Å². The molecule has 2 aliphatic heterocycles. The van der Waals surface area contributed by atoms with Crippen LogP contribution in [0, 0.1) is 0 Å². The van der Waals surface area contributed by atoms with Gasteiger partial charge in [0, 0.05) is 38.5 Å². The van der Waals surface area contributed by atoms with Crippen LogP contribution in [-0.4, -0.2) is 80.7 Å². The van der Waals surface area contributed by atoms with Crippen molar-refractivity contribution >= 4 is 35.6 Å². The molecule has 12 heteroatoms. The maximum atomic E-state index is 12.3. The summed E-state index contributed by atoms with van der Waals surface area (Å²) in [5.41, 5.74) is 2.19. The largest absolute Gasteiger partial charge is 0.456 e. The zero-order valence-corrected chi connectivity index (χ0v) is 23.4. The molecular weight excluding hydrogens is 536 g/mol. The average Bonchev–Trinajstić information content (AvgIpc) is 2.86. The van der Waals surface area contributed by atoms with E-state index in [0.717, 1.165) is 18.4 Å². The molecule has 2 saturated heterocycles. The van der Waals surface area contributed by atoms with E-state index < -0.39 is 54.4 Å². The lowest BCUT2D eigenvalue weighted by Gasteiger charge is -2.50. The zero-order valence-electron chi connectivity index (χ0n) is 22.6. The van der Waals surface area contributed by atoms with Gasteiger partial charge in [0.2, 0.25) is 11.9 Å². The molecule has 2 heterocycles. The Kier molecular flexibility index (Phi) is 10.9. The first-order valence-electron chi connectivity index (χ1n) is 12.6. The van der Waals surface area contributed by atoms with Gasteiger partial charge in [-0.25, -0.2) is 0 Å². The van der Waals surface area contributed by atoms with Crippen LogP contribution in [0.5, 0.6) is 0 Å². The van der Waals surface area contributed by atoms with Crippen molar-refractivity contribution in [3.8, 4) is 0 Å². The normalized spacial score (nSPS) is 27.8. The SMILES string of the molecule is COC1(c2ccc(Cl)c(C=C3CCOCC3)c2)O[C@H](COC(C)O)[C@@H](OC(C)=O)[C@H](OC(C)=O)[C@H]1OC(C)=O. The van der Waals surface area contributed by atoms with E-state index in [1.165, 1.54) is 34.8 Å². The van der Waals surface area contributed by atoms with Gasteiger partial charge in [-0.15, -0.1) is 0 Å². The van der Waals surface area contributed by atoms with E-state index in [9.17, 15) is 19.5 Å². The van der Waals surface area contributed by atoms with Crippen molar-refractivity contribution in [3.05, 3.63) is 39.9 Å². The number of aliphatic hydroxyl groups excluding tert-OH is 1. The molecule has 11 nitrogen and oxygen atoms in total. The predicted octanol–water partition coefficient (Wildman–Crippen LogP) is 2.88. The Morgan fingerprint density at radius 3 is 2.26 bits per heavy atom. The summed E-state index contributed by atoms with van der Waals surface area (Å²) < 4.78 is 39.9. The lowest BCUT2D eigenvalue weighted by atomic mass is 9.86. The Morgan fingerprint density at radius 1 is 1.08 bits per heavy atom. The zero-order chi connectivity index (χ0) is 28.7. The van der Waals surface area contributed by atoms with Crippen molar-refractivity contribution in [2.75, 3.05) is 26.9 Å². The maximum absolute atomic E-state index is 12.3. The number of halogens is 1. The first kappa shape index (κ1) is 31.0. The van der Waals surface area contributed by atoms with Crippen LogP contribution in [0.15, 0.2) is 23.8 Å². The highest BCUT2D eigenvalue weighted by Crippen LogP contribution is 2.44. The first-order chi connectivity index (χ1) is 18.5. The fourth-order valence-electron chi connectivity index (χ4n) is 4.68. The molecule has 6 atom stereocenters. The molecule has 0 radical (unpaired) electrons. The molecule has 2 unspecified atom stereocenters. The minimum absolute atomic E-state index is 0.282. The van der Waals surface area contributed by atoms with E-state index in [-0.39, 0.29) is 6.61 Å². The predicted molar refractivity (Wildman–Crippen MR) is 137 cm³/mol. The Labute approximate surface area is 232 Å². The van der Waals surface area contributed by atoms with Gasteiger partial charge in [0.15, 0.2) is 18.5 Å². The van der Waals surface area contributed by atoms with Gasteiger partial charge in [-0.2, -0.15) is 0 Å². The van der Waals surface area contributed by atoms with Crippen molar-refractivity contribution in [1.29, 1.82) is 0 Å². The van der Waals surface area contributed by atoms with Crippen LogP contribution in [0.25, 0.3) is 6.08 Å². The molecule has 1 N–H and O–H groups in total. The number of benzene rings is 1. The number of carbonyl (C=O) groups excluding carboxylic acids is 3. The van der Waals surface area contributed by atoms with Crippen LogP contribution in [0.2, 0.25) is 5.02 Å². The van der Waals surface area contributed by atoms with E-state index in [1.807, 2.05) is 6.08 Å². The third-order valence-corrected chi connectivity index (χ3v) is 6.63. The summed E-state index contributed by atoms with van der Waals surface area (Å²) in [5.74, 6) is -4.01. The Balaban J connectivity index is 2.19. The van der Waals surface area contributed by atoms with Gasteiger partial charge >= 0.3 is 17.9 Å². The van der Waals surface area contributed by atoms with E-state index in [2.05, 4.69) is 0 Å². The molecule has 3 rings (SSSR count). The number of esters is 3. The third kappa shape index (κ3) is 7.77. The van der Waals surface area contributed by atoms with Crippen LogP contribution in [0.1, 0.15) is 51.7 Å². The highest BCUT2D eigenvalue weighted by Gasteiger charge is 2.61. The third-order valence-electron chi connectivity index (χ3n) is 6.28. The second-order valence-corrected chi connectivity index (χ2v) is 9.70. The average molecular weight is 571 g/mol. The number of hydrogen-bond donors (Lipinski definition) is 1. The smallest absolute Gasteiger partial charge is 0.303 e. The lowest BCUT2D eigenvalue weighted by Crippen LogP contribution is -2.67. The number of carbonyl (C=O) groups is 3. The molecule has 2 aliphatic rings. The summed E-state index contributed by atoms with van der Waals surface area (Å²) in [7, 11) is 1.34. The Morgan fingerprint density at radius 2 is 1.69 bits per heavy atom. The molecule has 0 aromatic heterocycles. The van der Waals surface area contributed by atoms with Gasteiger partial charge in [-0.1, -0.05) is 29.3 Å². The fourth-order valence-corrected chi connectivity index (χ4v) is 4.86. The minimum Gasteiger partial charge on any atom is -0.456 e. The molecule has 0 saturated carbocycles. The van der Waals surface area contributed by atoms with Gasteiger partial charge in [-0.05, 0) is 37.5 Å². The molecule has 39 heavy (non-hydrogen) atoms. The van der Waals surface area contributed by atoms with Crippen molar-refractivity contribution in [2.24, 2.45) is 0 Å². The Bertz CT molecular complexity index is 1060. The van der Waals surface area contributed by atoms with E-state index in [0.29, 0.717) is 29.4 Å². The summed E-state index contributed by atoms with van der Waals surface area (Å²) in [4.78, 5) is 36.6. The monoisotopic (exact) mass is 570 g/mol. The van der Waals surface area contributed by atoms with Crippen molar-refractivity contribution in [2.45, 2.75) is 77.0 Å². The van der Waals surface area contributed by atoms with Gasteiger partial charge in [-0.3, -0.25) is 14.4 Å². The molecule has 2 fully saturated rings. The molecular formula is C27H35ClO11. The molecule has 0 bridgehead atoms. The maximum Gasteiger partial charge on any atom is 0.303 e. The molecule has 216 valence electrons. The van der Waals surface area contributed by atoms with Crippen LogP contribution in [0.3, 0.4) is 0 Å². The van der Waals surface area contributed by atoms with E-state index >= 15 is 0 Å². The van der Waals surface area contributed by atoms with Gasteiger partial charge in [0.05, 0.1) is 19.8 Å². The number of hydrogen-bond acceptors (Lipinski definition) is 11. The molecule has 0 amide bonds. The van der Waals surface area contributed by atoms with Crippen molar-refractivity contribution in [3.63, 3.8) is 0 Å². The second-order valence-electron chi connectivity index (χ2n) is 9.29. The summed E-state index contributed by atoms with van der Waals surface area (Å²) in [5, 5.41) is 10.2. The summed E-state index contributed by atoms with van der Waals surface area (Å²) in [6, 6.07) is 5.02. The minimum atomic E-state index is -1.86. The van der Waals surface area contributed by atoms with Crippen molar-refractivity contribution in [1.82, 2.24) is 0 Å². The Hall–Kier alpha value is -2.54. The van der Waals surface area contributed by atoms with Crippen LogP contribution >= 0.6 is 11.6 Å². The van der Waals surface area contributed by atoms with Gasteiger partial charge < -0.3 is 38.3 Å². The van der Waals surface area contributed by atoms with Gasteiger partial charge in [0.25, 0.3) is 0 Å². The number of methoxy groups -OCH3 is 1. The number of rotatable bonds is 9. The molecule has 1 aromatic rings. The topological polar surface area (TPSA) is 136 Å². The molecule has 1 aromatic carbocycles. The summed E-state index contributed by atoms with van der Waals surface area (Å²) >= 11 is 6.54. The molecule has 0 aliphatic carbocycles. The fraction of sp³-hybridized carbons (Fsp3) is 0.593. The van der Waals surface area contributed by atoms with Crippen LogP contribution < -0.4 is 0 Å². The molecule has 0 spiro atoms. The highest BCUT2D eigenvalue weighted by molar-refractivity contribution is 6.32. The summed E-state index contributed by atoms with van der Waals surface area (Å²) in [6.07, 6.45) is -2.89. The van der Waals surface area contributed by atoms with Gasteiger partial charge in [0.1, 0.15) is 6.10 Å². The van der Waals surface area contributed by atoms with Crippen molar-refractivity contribution < 1.29 is 52.6 Å². The quantitative estimate of drug-likeness (QED) is 0.266. The second kappa shape index (κ2) is 13.7. The van der Waals surface area contributed by atoms with Crippen LogP contribution in [0.4, 0.5) is 0 Å². The highest BCUT2D eigenvalue weighted by atomic mass is 35.5. The van der Waals surface area contributed by atoms with Crippen LogP contribution in [-0.2, 0) is 53.3 Å². The lowest BCUT2D eigenvalue weighted by molar-refractivity contribution is -0.371. The first-order valence-corrected chi connectivity index (χ1v) is 13.0. The summed E-state index contributed by atoms with van der Waals surface area (Å²) in [6.45, 7) is 5.85. The standard InChI is InChI=1S/C27H35ClO11/c1-15(29)35-14-23-24(36-16(2)30)25(37-17(3)31)26(38-18(4)32)27(33-5,39-23)21-6-7-22(28)20(13-21)12-19-8-10-34-11-9-19/h6-7,12-13,15,23-26,29H,8-11,14H2,1-5H3/t15?,23-,24-,25+,26-,27?/m1/s1.